The molecule has 0 fully saturated rings. The highest BCUT2D eigenvalue weighted by molar-refractivity contribution is 9.10. The normalized spacial score (nSPS) is 14.6. The number of halogens is 2. The Hall–Kier alpha value is -2.93. The second-order valence-corrected chi connectivity index (χ2v) is 6.98. The summed E-state index contributed by atoms with van der Waals surface area (Å²) >= 11 is 3.46. The van der Waals surface area contributed by atoms with Crippen LogP contribution in [-0.4, -0.2) is 25.6 Å². The van der Waals surface area contributed by atoms with Gasteiger partial charge >= 0.3 is 5.97 Å². The molecule has 3 rings (SSSR count). The number of ether oxygens (including phenoxy) is 3. The fourth-order valence-corrected chi connectivity index (χ4v) is 3.02. The first-order valence-corrected chi connectivity index (χ1v) is 9.10. The molecule has 144 valence electrons. The lowest BCUT2D eigenvalue weighted by Gasteiger charge is -2.13. The zero-order valence-corrected chi connectivity index (χ0v) is 16.9. The van der Waals surface area contributed by atoms with Crippen LogP contribution in [0.15, 0.2) is 63.7 Å². The molecule has 1 heterocycles. The van der Waals surface area contributed by atoms with Gasteiger partial charge in [-0.25, -0.2) is 14.2 Å². The van der Waals surface area contributed by atoms with E-state index >= 15 is 0 Å². The van der Waals surface area contributed by atoms with E-state index < -0.39 is 5.97 Å². The van der Waals surface area contributed by atoms with Crippen LogP contribution in [0.3, 0.4) is 0 Å². The van der Waals surface area contributed by atoms with Gasteiger partial charge in [0.1, 0.15) is 12.4 Å². The lowest BCUT2D eigenvalue weighted by Crippen LogP contribution is -2.05. The summed E-state index contributed by atoms with van der Waals surface area (Å²) in [5.74, 6) is 0.199. The van der Waals surface area contributed by atoms with E-state index in [1.807, 2.05) is 6.92 Å². The molecular formula is C21H17BrFNO4. The third kappa shape index (κ3) is 4.48. The molecule has 0 bridgehead atoms. The molecule has 0 amide bonds. The summed E-state index contributed by atoms with van der Waals surface area (Å²) < 4.78 is 30.0. The second-order valence-electron chi connectivity index (χ2n) is 6.12. The Morgan fingerprint density at radius 3 is 2.68 bits per heavy atom. The molecular weight excluding hydrogens is 429 g/mol. The minimum atomic E-state index is -0.586. The molecule has 0 unspecified atom stereocenters. The number of nitrogens with zero attached hydrogens (tertiary/aromatic N) is 1. The van der Waals surface area contributed by atoms with Crippen molar-refractivity contribution in [3.05, 3.63) is 75.7 Å². The summed E-state index contributed by atoms with van der Waals surface area (Å²) in [5, 5.41) is 0. The van der Waals surface area contributed by atoms with Crippen LogP contribution in [0.5, 0.6) is 11.5 Å². The van der Waals surface area contributed by atoms with E-state index in [0.29, 0.717) is 33.7 Å². The van der Waals surface area contributed by atoms with E-state index in [-0.39, 0.29) is 17.4 Å². The van der Waals surface area contributed by atoms with Crippen molar-refractivity contribution in [1.29, 1.82) is 0 Å². The summed E-state index contributed by atoms with van der Waals surface area (Å²) in [7, 11) is 1.53. The molecule has 0 saturated heterocycles. The van der Waals surface area contributed by atoms with E-state index in [4.69, 9.17) is 14.2 Å². The number of aliphatic imine (C=N–C) groups is 1. The average molecular weight is 446 g/mol. The predicted octanol–water partition coefficient (Wildman–Crippen LogP) is 4.90. The fourth-order valence-electron chi connectivity index (χ4n) is 2.44. The average Bonchev–Trinajstić information content (AvgIpc) is 3.01. The van der Waals surface area contributed by atoms with Crippen molar-refractivity contribution in [2.24, 2.45) is 4.99 Å². The second kappa shape index (κ2) is 8.39. The minimum Gasteiger partial charge on any atom is -0.493 e. The lowest BCUT2D eigenvalue weighted by molar-refractivity contribution is -0.129. The number of carbonyl (C=O) groups is 1. The van der Waals surface area contributed by atoms with E-state index in [1.165, 1.54) is 31.4 Å². The maximum Gasteiger partial charge on any atom is 0.363 e. The van der Waals surface area contributed by atoms with Crippen molar-refractivity contribution >= 4 is 33.9 Å². The molecule has 0 aliphatic carbocycles. The largest absolute Gasteiger partial charge is 0.493 e. The van der Waals surface area contributed by atoms with E-state index in [1.54, 1.807) is 18.2 Å². The highest BCUT2D eigenvalue weighted by Crippen LogP contribution is 2.37. The zero-order chi connectivity index (χ0) is 20.3. The highest BCUT2D eigenvalue weighted by atomic mass is 79.9. The first kappa shape index (κ1) is 19.8. The number of benzene rings is 2. The van der Waals surface area contributed by atoms with Gasteiger partial charge in [-0.05, 0) is 76.5 Å². The van der Waals surface area contributed by atoms with Gasteiger partial charge in [-0.1, -0.05) is 6.58 Å². The van der Waals surface area contributed by atoms with Crippen LogP contribution in [0.1, 0.15) is 18.1 Å². The quantitative estimate of drug-likeness (QED) is 0.360. The number of methoxy groups -OCH3 is 1. The van der Waals surface area contributed by atoms with Crippen LogP contribution in [0, 0.1) is 5.82 Å². The Balaban J connectivity index is 1.91. The maximum atomic E-state index is 13.1. The number of hydrogen-bond donors (Lipinski definition) is 0. The Labute approximate surface area is 170 Å². The van der Waals surface area contributed by atoms with Crippen LogP contribution >= 0.6 is 15.9 Å². The molecule has 7 heteroatoms. The van der Waals surface area contributed by atoms with E-state index in [0.717, 1.165) is 5.57 Å². The third-order valence-corrected chi connectivity index (χ3v) is 4.32. The van der Waals surface area contributed by atoms with E-state index in [9.17, 15) is 9.18 Å². The molecule has 0 aromatic heterocycles. The van der Waals surface area contributed by atoms with Gasteiger partial charge in [-0.2, -0.15) is 0 Å². The topological polar surface area (TPSA) is 57.1 Å². The van der Waals surface area contributed by atoms with Crippen LogP contribution in [0.2, 0.25) is 0 Å². The SMILES string of the molecule is C=C(C)COc1c(Br)cc(/C=C2\N=C(c3ccc(F)cc3)OC2=O)cc1OC. The molecule has 0 atom stereocenters. The van der Waals surface area contributed by atoms with Gasteiger partial charge in [-0.15, -0.1) is 0 Å². The molecule has 0 N–H and O–H groups in total. The smallest absolute Gasteiger partial charge is 0.363 e. The lowest BCUT2D eigenvalue weighted by atomic mass is 10.1. The number of hydrogen-bond acceptors (Lipinski definition) is 5. The standard InChI is InChI=1S/C21H17BrFNO4/c1-12(2)11-27-19-16(22)8-13(10-18(19)26-3)9-17-21(25)28-20(24-17)14-4-6-15(23)7-5-14/h4-10H,1,11H2,2-3H3/b17-9-. The van der Waals surface area contributed by atoms with Crippen LogP contribution < -0.4 is 9.47 Å². The third-order valence-electron chi connectivity index (χ3n) is 3.73. The van der Waals surface area contributed by atoms with Crippen molar-refractivity contribution in [2.45, 2.75) is 6.92 Å². The summed E-state index contributed by atoms with van der Waals surface area (Å²) in [6.07, 6.45) is 1.58. The minimum absolute atomic E-state index is 0.128. The van der Waals surface area contributed by atoms with Crippen molar-refractivity contribution in [3.63, 3.8) is 0 Å². The Morgan fingerprint density at radius 1 is 1.32 bits per heavy atom. The van der Waals surface area contributed by atoms with Gasteiger partial charge in [0.05, 0.1) is 11.6 Å². The van der Waals surface area contributed by atoms with Gasteiger partial charge in [0.15, 0.2) is 17.2 Å². The first-order valence-electron chi connectivity index (χ1n) is 8.30. The number of esters is 1. The van der Waals surface area contributed by atoms with Crippen LogP contribution in [0.4, 0.5) is 4.39 Å². The fraction of sp³-hybridized carbons (Fsp3) is 0.143. The van der Waals surface area contributed by atoms with Crippen molar-refractivity contribution in [2.75, 3.05) is 13.7 Å². The van der Waals surface area contributed by atoms with Crippen LogP contribution in [-0.2, 0) is 9.53 Å². The number of rotatable bonds is 6. The molecule has 0 spiro atoms. The highest BCUT2D eigenvalue weighted by Gasteiger charge is 2.24. The monoisotopic (exact) mass is 445 g/mol. The van der Waals surface area contributed by atoms with Gasteiger partial charge in [0.2, 0.25) is 5.90 Å². The molecule has 2 aromatic carbocycles. The molecule has 0 radical (unpaired) electrons. The predicted molar refractivity (Wildman–Crippen MR) is 108 cm³/mol. The molecule has 0 saturated carbocycles. The first-order chi connectivity index (χ1) is 13.4. The molecule has 1 aliphatic heterocycles. The summed E-state index contributed by atoms with van der Waals surface area (Å²) in [5.41, 5.74) is 2.18. The molecule has 1 aliphatic rings. The number of carbonyl (C=O) groups excluding carboxylic acids is 1. The van der Waals surface area contributed by atoms with Gasteiger partial charge in [-0.3, -0.25) is 0 Å². The van der Waals surface area contributed by atoms with Gasteiger partial charge < -0.3 is 14.2 Å². The molecule has 2 aromatic rings. The van der Waals surface area contributed by atoms with E-state index in [2.05, 4.69) is 27.5 Å². The van der Waals surface area contributed by atoms with Crippen LogP contribution in [0.25, 0.3) is 6.08 Å². The molecule has 28 heavy (non-hydrogen) atoms. The summed E-state index contributed by atoms with van der Waals surface area (Å²) in [6, 6.07) is 9.06. The summed E-state index contributed by atoms with van der Waals surface area (Å²) in [4.78, 5) is 16.4. The molecule has 5 nitrogen and oxygen atoms in total. The Morgan fingerprint density at radius 2 is 2.04 bits per heavy atom. The van der Waals surface area contributed by atoms with Crippen molar-refractivity contribution in [1.82, 2.24) is 0 Å². The Bertz CT molecular complexity index is 996. The summed E-state index contributed by atoms with van der Waals surface area (Å²) in [6.45, 7) is 6.03. The van der Waals surface area contributed by atoms with Gasteiger partial charge in [0, 0.05) is 5.56 Å². The Kier molecular flexibility index (Phi) is 5.94. The zero-order valence-electron chi connectivity index (χ0n) is 15.3. The maximum absolute atomic E-state index is 13.1. The van der Waals surface area contributed by atoms with Gasteiger partial charge in [0.25, 0.3) is 0 Å². The van der Waals surface area contributed by atoms with Crippen molar-refractivity contribution < 1.29 is 23.4 Å². The number of cyclic esters (lactones) is 1. The van der Waals surface area contributed by atoms with Crippen molar-refractivity contribution in [3.8, 4) is 11.5 Å².